The number of hydrogen-bond donors (Lipinski definition) is 1. The van der Waals surface area contributed by atoms with Crippen LogP contribution in [0.25, 0.3) is 0 Å². The number of rotatable bonds is 4. The first kappa shape index (κ1) is 14.5. The molecular formula is C17H28N2. The minimum atomic E-state index is 0.316. The van der Waals surface area contributed by atoms with Crippen LogP contribution in [0.5, 0.6) is 0 Å². The van der Waals surface area contributed by atoms with Crippen LogP contribution >= 0.6 is 0 Å². The first-order valence-corrected chi connectivity index (χ1v) is 7.63. The van der Waals surface area contributed by atoms with Crippen LogP contribution in [0.2, 0.25) is 0 Å². The Kier molecular flexibility index (Phi) is 4.64. The fraction of sp³-hybridized carbons (Fsp3) is 0.647. The molecule has 19 heavy (non-hydrogen) atoms. The Labute approximate surface area is 118 Å². The van der Waals surface area contributed by atoms with Gasteiger partial charge in [0.2, 0.25) is 0 Å². The normalized spacial score (nSPS) is 23.5. The molecule has 1 aromatic carbocycles. The highest BCUT2D eigenvalue weighted by atomic mass is 15.2. The molecule has 1 saturated heterocycles. The molecule has 2 rings (SSSR count). The van der Waals surface area contributed by atoms with Gasteiger partial charge in [0.15, 0.2) is 0 Å². The minimum absolute atomic E-state index is 0.316. The predicted octanol–water partition coefficient (Wildman–Crippen LogP) is 3.35. The van der Waals surface area contributed by atoms with Gasteiger partial charge in [0.1, 0.15) is 0 Å². The van der Waals surface area contributed by atoms with Gasteiger partial charge in [0.05, 0.1) is 0 Å². The molecule has 0 amide bonds. The molecule has 1 aliphatic rings. The zero-order chi connectivity index (χ0) is 13.9. The fourth-order valence-electron chi connectivity index (χ4n) is 3.07. The van der Waals surface area contributed by atoms with Crippen molar-refractivity contribution in [3.63, 3.8) is 0 Å². The van der Waals surface area contributed by atoms with E-state index in [1.165, 1.54) is 24.0 Å². The van der Waals surface area contributed by atoms with Crippen molar-refractivity contribution in [2.24, 2.45) is 0 Å². The van der Waals surface area contributed by atoms with Crippen molar-refractivity contribution in [1.29, 1.82) is 0 Å². The Balaban J connectivity index is 2.09. The molecule has 2 nitrogen and oxygen atoms in total. The van der Waals surface area contributed by atoms with Crippen LogP contribution in [-0.4, -0.2) is 29.6 Å². The predicted molar refractivity (Wildman–Crippen MR) is 82.4 cm³/mol. The smallest absolute Gasteiger partial charge is 0.0304 e. The van der Waals surface area contributed by atoms with Crippen LogP contribution in [0, 0.1) is 6.92 Å². The van der Waals surface area contributed by atoms with E-state index in [-0.39, 0.29) is 0 Å². The average molecular weight is 260 g/mol. The third-order valence-corrected chi connectivity index (χ3v) is 4.72. The second-order valence-electron chi connectivity index (χ2n) is 6.11. The van der Waals surface area contributed by atoms with Crippen molar-refractivity contribution < 1.29 is 0 Å². The van der Waals surface area contributed by atoms with E-state index in [2.05, 4.69) is 62.2 Å². The lowest BCUT2D eigenvalue weighted by Crippen LogP contribution is -2.62. The summed E-state index contributed by atoms with van der Waals surface area (Å²) in [6.07, 6.45) is 2.42. The standard InChI is InChI=1S/C17H28N2/c1-5-17(6-2)13-19(15(4)11-18-17)12-16-9-7-8-14(3)10-16/h7-10,15,18H,5-6,11-13H2,1-4H3. The van der Waals surface area contributed by atoms with Crippen LogP contribution in [-0.2, 0) is 6.54 Å². The Bertz CT molecular complexity index is 409. The SMILES string of the molecule is CCC1(CC)CN(Cc2cccc(C)c2)C(C)CN1. The van der Waals surface area contributed by atoms with E-state index in [9.17, 15) is 0 Å². The van der Waals surface area contributed by atoms with E-state index >= 15 is 0 Å². The van der Waals surface area contributed by atoms with Crippen molar-refractivity contribution in [2.45, 2.75) is 58.7 Å². The van der Waals surface area contributed by atoms with E-state index in [4.69, 9.17) is 0 Å². The van der Waals surface area contributed by atoms with Crippen LogP contribution in [0.3, 0.4) is 0 Å². The van der Waals surface area contributed by atoms with Crippen LogP contribution < -0.4 is 5.32 Å². The Morgan fingerprint density at radius 3 is 2.68 bits per heavy atom. The highest BCUT2D eigenvalue weighted by Crippen LogP contribution is 2.24. The van der Waals surface area contributed by atoms with Gasteiger partial charge in [-0.3, -0.25) is 4.90 Å². The van der Waals surface area contributed by atoms with E-state index < -0.39 is 0 Å². The fourth-order valence-corrected chi connectivity index (χ4v) is 3.07. The molecule has 0 bridgehead atoms. The number of hydrogen-bond acceptors (Lipinski definition) is 2. The highest BCUT2D eigenvalue weighted by Gasteiger charge is 2.34. The Morgan fingerprint density at radius 1 is 1.32 bits per heavy atom. The van der Waals surface area contributed by atoms with Crippen LogP contribution in [0.4, 0.5) is 0 Å². The lowest BCUT2D eigenvalue weighted by Gasteiger charge is -2.46. The van der Waals surface area contributed by atoms with Gasteiger partial charge in [-0.05, 0) is 32.3 Å². The largest absolute Gasteiger partial charge is 0.308 e. The maximum atomic E-state index is 3.77. The average Bonchev–Trinajstić information content (AvgIpc) is 2.42. The quantitative estimate of drug-likeness (QED) is 0.893. The first-order valence-electron chi connectivity index (χ1n) is 7.63. The van der Waals surface area contributed by atoms with E-state index in [1.807, 2.05) is 0 Å². The summed E-state index contributed by atoms with van der Waals surface area (Å²) in [7, 11) is 0. The molecule has 1 aliphatic heterocycles. The van der Waals surface area contributed by atoms with Crippen molar-refractivity contribution in [1.82, 2.24) is 10.2 Å². The number of nitrogens with zero attached hydrogens (tertiary/aromatic N) is 1. The molecule has 0 aromatic heterocycles. The van der Waals surface area contributed by atoms with Crippen LogP contribution in [0.1, 0.15) is 44.7 Å². The van der Waals surface area contributed by atoms with Gasteiger partial charge in [-0.25, -0.2) is 0 Å². The van der Waals surface area contributed by atoms with Gasteiger partial charge < -0.3 is 5.32 Å². The third kappa shape index (κ3) is 3.37. The summed E-state index contributed by atoms with van der Waals surface area (Å²) in [5.74, 6) is 0. The summed E-state index contributed by atoms with van der Waals surface area (Å²) in [5, 5.41) is 3.77. The molecule has 0 aliphatic carbocycles. The minimum Gasteiger partial charge on any atom is -0.308 e. The summed E-state index contributed by atoms with van der Waals surface area (Å²) in [4.78, 5) is 2.64. The third-order valence-electron chi connectivity index (χ3n) is 4.72. The van der Waals surface area contributed by atoms with E-state index in [0.29, 0.717) is 11.6 Å². The lowest BCUT2D eigenvalue weighted by atomic mass is 9.88. The molecule has 1 N–H and O–H groups in total. The zero-order valence-electron chi connectivity index (χ0n) is 12.9. The molecule has 1 atom stereocenters. The molecule has 106 valence electrons. The van der Waals surface area contributed by atoms with E-state index in [0.717, 1.165) is 19.6 Å². The number of aryl methyl sites for hydroxylation is 1. The second-order valence-corrected chi connectivity index (χ2v) is 6.11. The molecular weight excluding hydrogens is 232 g/mol. The number of nitrogens with one attached hydrogen (secondary N) is 1. The van der Waals surface area contributed by atoms with Gasteiger partial charge in [0.25, 0.3) is 0 Å². The summed E-state index contributed by atoms with van der Waals surface area (Å²) >= 11 is 0. The molecule has 0 radical (unpaired) electrons. The zero-order valence-corrected chi connectivity index (χ0v) is 12.9. The number of piperazine rings is 1. The lowest BCUT2D eigenvalue weighted by molar-refractivity contribution is 0.0746. The molecule has 2 heteroatoms. The van der Waals surface area contributed by atoms with Crippen molar-refractivity contribution in [3.8, 4) is 0 Å². The number of benzene rings is 1. The maximum Gasteiger partial charge on any atom is 0.0304 e. The summed E-state index contributed by atoms with van der Waals surface area (Å²) in [6.45, 7) is 12.5. The second kappa shape index (κ2) is 6.06. The summed E-state index contributed by atoms with van der Waals surface area (Å²) < 4.78 is 0. The van der Waals surface area contributed by atoms with Crippen molar-refractivity contribution >= 4 is 0 Å². The highest BCUT2D eigenvalue weighted by molar-refractivity contribution is 5.22. The molecule has 0 saturated carbocycles. The molecule has 1 heterocycles. The summed E-state index contributed by atoms with van der Waals surface area (Å²) in [6, 6.07) is 9.53. The monoisotopic (exact) mass is 260 g/mol. The van der Waals surface area contributed by atoms with Gasteiger partial charge in [-0.2, -0.15) is 0 Å². The molecule has 1 aromatic rings. The van der Waals surface area contributed by atoms with Gasteiger partial charge in [0, 0.05) is 31.2 Å². The molecule has 0 spiro atoms. The maximum absolute atomic E-state index is 3.77. The topological polar surface area (TPSA) is 15.3 Å². The van der Waals surface area contributed by atoms with Gasteiger partial charge >= 0.3 is 0 Å². The van der Waals surface area contributed by atoms with Crippen molar-refractivity contribution in [2.75, 3.05) is 13.1 Å². The van der Waals surface area contributed by atoms with Crippen molar-refractivity contribution in [3.05, 3.63) is 35.4 Å². The van der Waals surface area contributed by atoms with Gasteiger partial charge in [-0.15, -0.1) is 0 Å². The summed E-state index contributed by atoms with van der Waals surface area (Å²) in [5.41, 5.74) is 3.11. The first-order chi connectivity index (χ1) is 9.08. The molecule has 1 unspecified atom stereocenters. The Hall–Kier alpha value is -0.860. The van der Waals surface area contributed by atoms with Crippen LogP contribution in [0.15, 0.2) is 24.3 Å². The van der Waals surface area contributed by atoms with Gasteiger partial charge in [-0.1, -0.05) is 43.7 Å². The molecule has 1 fully saturated rings. The van der Waals surface area contributed by atoms with E-state index in [1.54, 1.807) is 0 Å². The Morgan fingerprint density at radius 2 is 2.05 bits per heavy atom.